The molecule has 0 radical (unpaired) electrons. The summed E-state index contributed by atoms with van der Waals surface area (Å²) in [6.45, 7) is 0.780. The van der Waals surface area contributed by atoms with Crippen molar-refractivity contribution in [2.24, 2.45) is 11.0 Å². The van der Waals surface area contributed by atoms with E-state index in [1.807, 2.05) is 35.2 Å². The largest absolute Gasteiger partial charge is 0.367 e. The fourth-order valence-electron chi connectivity index (χ4n) is 4.19. The zero-order valence-electron chi connectivity index (χ0n) is 14.3. The van der Waals surface area contributed by atoms with Crippen molar-refractivity contribution < 1.29 is 9.53 Å². The molecule has 1 aromatic carbocycles. The van der Waals surface area contributed by atoms with E-state index in [1.54, 1.807) is 0 Å². The Morgan fingerprint density at radius 2 is 1.92 bits per heavy atom. The first-order valence-corrected chi connectivity index (χ1v) is 9.33. The van der Waals surface area contributed by atoms with Gasteiger partial charge in [-0.15, -0.1) is 0 Å². The number of hydrogen-bond donors (Lipinski definition) is 0. The number of amides is 1. The van der Waals surface area contributed by atoms with Crippen LogP contribution in [0.5, 0.6) is 0 Å². The van der Waals surface area contributed by atoms with Crippen molar-refractivity contribution in [1.82, 2.24) is 4.90 Å². The summed E-state index contributed by atoms with van der Waals surface area (Å²) >= 11 is 0. The Balaban J connectivity index is 1.72. The van der Waals surface area contributed by atoms with Crippen molar-refractivity contribution >= 4 is 5.91 Å². The maximum absolute atomic E-state index is 13.3. The number of benzene rings is 1. The van der Waals surface area contributed by atoms with Gasteiger partial charge in [0, 0.05) is 11.5 Å². The van der Waals surface area contributed by atoms with Crippen LogP contribution in [0.2, 0.25) is 0 Å². The highest BCUT2D eigenvalue weighted by Crippen LogP contribution is 2.39. The Hall–Kier alpha value is -2.04. The van der Waals surface area contributed by atoms with E-state index in [4.69, 9.17) is 10.3 Å². The molecule has 4 atom stereocenters. The van der Waals surface area contributed by atoms with Gasteiger partial charge in [0.25, 0.3) is 0 Å². The molecule has 2 saturated carbocycles. The Morgan fingerprint density at radius 1 is 1.16 bits per heavy atom. The second kappa shape index (κ2) is 7.06. The normalized spacial score (nSPS) is 32.5. The first-order valence-electron chi connectivity index (χ1n) is 9.33. The molecule has 1 aliphatic heterocycles. The van der Waals surface area contributed by atoms with Gasteiger partial charge in [0.15, 0.2) is 0 Å². The molecular weight excluding hydrogens is 316 g/mol. The number of hydrogen-bond acceptors (Lipinski definition) is 3. The van der Waals surface area contributed by atoms with E-state index >= 15 is 0 Å². The maximum atomic E-state index is 13.3. The van der Waals surface area contributed by atoms with Crippen LogP contribution in [0.4, 0.5) is 0 Å². The number of carbonyl (C=O) groups is 1. The smallest absolute Gasteiger partial charge is 0.234 e. The molecule has 25 heavy (non-hydrogen) atoms. The van der Waals surface area contributed by atoms with Gasteiger partial charge in [-0.3, -0.25) is 4.79 Å². The number of nitrogens with zero attached hydrogens (tertiary/aromatic N) is 4. The summed E-state index contributed by atoms with van der Waals surface area (Å²) in [5.74, 6) is 0.541. The van der Waals surface area contributed by atoms with Crippen molar-refractivity contribution in [2.45, 2.75) is 62.8 Å². The van der Waals surface area contributed by atoms with Gasteiger partial charge in [0.2, 0.25) is 5.91 Å². The number of carbonyl (C=O) groups excluding carboxylic acids is 1. The highest BCUT2D eigenvalue weighted by Gasteiger charge is 2.46. The summed E-state index contributed by atoms with van der Waals surface area (Å²) in [4.78, 5) is 18.3. The van der Waals surface area contributed by atoms with Crippen LogP contribution in [-0.2, 0) is 9.53 Å². The second-order valence-electron chi connectivity index (χ2n) is 7.44. The zero-order valence-corrected chi connectivity index (χ0v) is 14.3. The van der Waals surface area contributed by atoms with Crippen molar-refractivity contribution in [3.05, 3.63) is 46.3 Å². The molecule has 4 rings (SSSR count). The third-order valence-corrected chi connectivity index (χ3v) is 5.67. The summed E-state index contributed by atoms with van der Waals surface area (Å²) in [7, 11) is 0. The monoisotopic (exact) mass is 340 g/mol. The lowest BCUT2D eigenvalue weighted by atomic mass is 9.91. The molecule has 0 aromatic heterocycles. The highest BCUT2D eigenvalue weighted by atomic mass is 16.5. The van der Waals surface area contributed by atoms with Crippen LogP contribution >= 0.6 is 0 Å². The van der Waals surface area contributed by atoms with Crippen LogP contribution < -0.4 is 0 Å². The molecule has 1 aromatic rings. The van der Waals surface area contributed by atoms with E-state index in [1.165, 1.54) is 12.8 Å². The predicted octanol–water partition coefficient (Wildman–Crippen LogP) is 3.99. The fourth-order valence-corrected chi connectivity index (χ4v) is 4.19. The zero-order chi connectivity index (χ0) is 17.2. The van der Waals surface area contributed by atoms with Crippen LogP contribution in [-0.4, -0.2) is 35.5 Å². The van der Waals surface area contributed by atoms with Crippen LogP contribution in [0, 0.1) is 5.92 Å². The molecule has 3 fully saturated rings. The molecule has 0 N–H and O–H groups in total. The minimum Gasteiger partial charge on any atom is -0.367 e. The number of fused-ring (bicyclic) bond motifs is 1. The SMILES string of the molecule is [N-]=[N+]=N[C@@H]1C(=O)N(CC2CC2)[C@H]2CCCC[C@@H]2O[C@@H]1c1ccccc1. The molecule has 1 saturated heterocycles. The number of rotatable bonds is 4. The van der Waals surface area contributed by atoms with Crippen molar-refractivity contribution in [3.8, 4) is 0 Å². The molecular formula is C19H24N4O2. The van der Waals surface area contributed by atoms with Crippen LogP contribution in [0.15, 0.2) is 35.4 Å². The summed E-state index contributed by atoms with van der Waals surface area (Å²) in [5, 5.41) is 3.88. The van der Waals surface area contributed by atoms with Gasteiger partial charge in [0.1, 0.15) is 12.1 Å². The molecule has 0 spiro atoms. The molecule has 1 heterocycles. The van der Waals surface area contributed by atoms with E-state index in [0.29, 0.717) is 5.92 Å². The molecule has 3 aliphatic rings. The number of azide groups is 1. The molecule has 2 aliphatic carbocycles. The van der Waals surface area contributed by atoms with E-state index in [2.05, 4.69) is 10.0 Å². The van der Waals surface area contributed by atoms with Crippen molar-refractivity contribution in [1.29, 1.82) is 0 Å². The van der Waals surface area contributed by atoms with Crippen molar-refractivity contribution in [3.63, 3.8) is 0 Å². The van der Waals surface area contributed by atoms with E-state index < -0.39 is 12.1 Å². The van der Waals surface area contributed by atoms with Gasteiger partial charge in [-0.1, -0.05) is 48.3 Å². The van der Waals surface area contributed by atoms with E-state index in [0.717, 1.165) is 37.8 Å². The maximum Gasteiger partial charge on any atom is 0.234 e. The summed E-state index contributed by atoms with van der Waals surface area (Å²) < 4.78 is 6.44. The third-order valence-electron chi connectivity index (χ3n) is 5.67. The van der Waals surface area contributed by atoms with Gasteiger partial charge >= 0.3 is 0 Å². The second-order valence-corrected chi connectivity index (χ2v) is 7.44. The van der Waals surface area contributed by atoms with Gasteiger partial charge < -0.3 is 9.64 Å². The first kappa shape index (κ1) is 16.4. The molecule has 0 bridgehead atoms. The van der Waals surface area contributed by atoms with Gasteiger partial charge in [0.05, 0.1) is 12.1 Å². The molecule has 6 heteroatoms. The Labute approximate surface area is 147 Å². The average Bonchev–Trinajstić information content (AvgIpc) is 3.48. The molecule has 1 amide bonds. The topological polar surface area (TPSA) is 78.3 Å². The Morgan fingerprint density at radius 3 is 2.64 bits per heavy atom. The van der Waals surface area contributed by atoms with Gasteiger partial charge in [-0.25, -0.2) is 0 Å². The van der Waals surface area contributed by atoms with E-state index in [-0.39, 0.29) is 18.1 Å². The summed E-state index contributed by atoms with van der Waals surface area (Å²) in [6.07, 6.45) is 6.10. The lowest BCUT2D eigenvalue weighted by Gasteiger charge is -2.38. The molecule has 0 unspecified atom stereocenters. The van der Waals surface area contributed by atoms with E-state index in [9.17, 15) is 4.79 Å². The lowest BCUT2D eigenvalue weighted by Crippen LogP contribution is -2.49. The average molecular weight is 340 g/mol. The summed E-state index contributed by atoms with van der Waals surface area (Å²) in [5.41, 5.74) is 9.97. The Kier molecular flexibility index (Phi) is 4.64. The minimum atomic E-state index is -0.822. The van der Waals surface area contributed by atoms with Gasteiger partial charge in [-0.05, 0) is 42.7 Å². The van der Waals surface area contributed by atoms with Gasteiger partial charge in [-0.2, -0.15) is 0 Å². The number of ether oxygens (including phenoxy) is 1. The molecule has 132 valence electrons. The minimum absolute atomic E-state index is 0.0283. The van der Waals surface area contributed by atoms with Crippen LogP contribution in [0.3, 0.4) is 0 Å². The standard InChI is InChI=1S/C19H24N4O2/c20-22-21-17-18(14-6-2-1-3-7-14)25-16-9-5-4-8-15(16)23(19(17)24)12-13-10-11-13/h1-3,6-7,13,15-18H,4-5,8-12H2/t15-,16-,17-,18+/m0/s1. The first-order chi connectivity index (χ1) is 12.3. The Bertz CT molecular complexity index is 669. The third kappa shape index (κ3) is 3.37. The quantitative estimate of drug-likeness (QED) is 0.472. The lowest BCUT2D eigenvalue weighted by molar-refractivity contribution is -0.135. The highest BCUT2D eigenvalue weighted by molar-refractivity contribution is 5.83. The predicted molar refractivity (Wildman–Crippen MR) is 93.7 cm³/mol. The van der Waals surface area contributed by atoms with Crippen LogP contribution in [0.1, 0.15) is 50.2 Å². The summed E-state index contributed by atoms with van der Waals surface area (Å²) in [6, 6.07) is 9.00. The van der Waals surface area contributed by atoms with Crippen LogP contribution in [0.25, 0.3) is 10.4 Å². The fraction of sp³-hybridized carbons (Fsp3) is 0.632. The molecule has 6 nitrogen and oxygen atoms in total. The van der Waals surface area contributed by atoms with Crippen molar-refractivity contribution in [2.75, 3.05) is 6.54 Å².